The van der Waals surface area contributed by atoms with Crippen molar-refractivity contribution in [3.63, 3.8) is 0 Å². The van der Waals surface area contributed by atoms with Gasteiger partial charge in [-0.25, -0.2) is 4.79 Å². The van der Waals surface area contributed by atoms with Crippen LogP contribution in [-0.2, 0) is 9.53 Å². The molecule has 1 rings (SSSR count). The zero-order valence-electron chi connectivity index (χ0n) is 10.7. The van der Waals surface area contributed by atoms with E-state index in [1.807, 2.05) is 42.5 Å². The lowest BCUT2D eigenvalue weighted by molar-refractivity contribution is -0.138. The van der Waals surface area contributed by atoms with Crippen LogP contribution in [0.5, 0.6) is 0 Å². The van der Waals surface area contributed by atoms with Crippen LogP contribution in [0.1, 0.15) is 12.5 Å². The number of carbonyl (C=O) groups is 1. The number of allylic oxidation sites excluding steroid dienone is 4. The Hall–Kier alpha value is -2.60. The molecule has 0 unspecified atom stereocenters. The first kappa shape index (κ1) is 14.5. The molecule has 0 aliphatic carbocycles. The highest BCUT2D eigenvalue weighted by Gasteiger charge is 2.07. The van der Waals surface area contributed by atoms with E-state index in [0.29, 0.717) is 0 Å². The summed E-state index contributed by atoms with van der Waals surface area (Å²) >= 11 is 0. The number of nitriles is 1. The van der Waals surface area contributed by atoms with Crippen LogP contribution >= 0.6 is 0 Å². The molecular weight excluding hydrogens is 238 g/mol. The van der Waals surface area contributed by atoms with Crippen molar-refractivity contribution < 1.29 is 9.53 Å². The number of hydrogen-bond acceptors (Lipinski definition) is 3. The van der Waals surface area contributed by atoms with Gasteiger partial charge in [-0.05, 0) is 18.6 Å². The van der Waals surface area contributed by atoms with Crippen molar-refractivity contribution in [1.29, 1.82) is 5.26 Å². The molecule has 3 nitrogen and oxygen atoms in total. The van der Waals surface area contributed by atoms with Gasteiger partial charge in [0.15, 0.2) is 0 Å². The van der Waals surface area contributed by atoms with E-state index in [9.17, 15) is 4.79 Å². The van der Waals surface area contributed by atoms with Crippen LogP contribution in [0.2, 0.25) is 0 Å². The van der Waals surface area contributed by atoms with Gasteiger partial charge in [-0.15, -0.1) is 0 Å². The highest BCUT2D eigenvalue weighted by Crippen LogP contribution is 2.01. The van der Waals surface area contributed by atoms with E-state index >= 15 is 0 Å². The summed E-state index contributed by atoms with van der Waals surface area (Å²) in [6.07, 6.45) is 8.60. The summed E-state index contributed by atoms with van der Waals surface area (Å²) in [4.78, 5) is 11.3. The van der Waals surface area contributed by atoms with Gasteiger partial charge in [0.25, 0.3) is 0 Å². The first-order chi connectivity index (χ1) is 9.27. The Morgan fingerprint density at radius 1 is 1.26 bits per heavy atom. The Labute approximate surface area is 113 Å². The molecule has 0 saturated heterocycles. The maximum atomic E-state index is 11.3. The minimum absolute atomic E-state index is 0.00814. The smallest absolute Gasteiger partial charge is 0.348 e. The minimum Gasteiger partial charge on any atom is -0.462 e. The van der Waals surface area contributed by atoms with Gasteiger partial charge in [0, 0.05) is 0 Å². The molecule has 0 atom stereocenters. The summed E-state index contributed by atoms with van der Waals surface area (Å²) in [5.74, 6) is -0.596. The molecule has 1 aromatic carbocycles. The fourth-order valence-electron chi connectivity index (χ4n) is 1.31. The molecule has 0 saturated carbocycles. The standard InChI is InChI=1S/C16H15NO2/c1-2-19-16(18)15(13-17)12-8-4-7-11-14-9-5-3-6-10-14/h3-12H,2H2,1H3. The molecule has 3 heteroatoms. The lowest BCUT2D eigenvalue weighted by atomic mass is 10.2. The molecule has 0 bridgehead atoms. The third kappa shape index (κ3) is 5.51. The molecule has 0 aliphatic rings. The SMILES string of the molecule is CCOC(=O)C(C#N)=CC=CC=Cc1ccccc1. The Morgan fingerprint density at radius 3 is 2.63 bits per heavy atom. The summed E-state index contributed by atoms with van der Waals surface area (Å²) in [6.45, 7) is 1.96. The van der Waals surface area contributed by atoms with Crippen LogP contribution in [0.4, 0.5) is 0 Å². The first-order valence-electron chi connectivity index (χ1n) is 5.95. The van der Waals surface area contributed by atoms with Crippen LogP contribution in [0.15, 0.2) is 60.2 Å². The second-order valence-corrected chi connectivity index (χ2v) is 3.57. The van der Waals surface area contributed by atoms with Crippen LogP contribution in [0, 0.1) is 11.3 Å². The van der Waals surface area contributed by atoms with Crippen molar-refractivity contribution in [3.8, 4) is 6.07 Å². The molecular formula is C16H15NO2. The Kier molecular flexibility index (Phi) is 6.46. The Bertz CT molecular complexity index is 534. The molecule has 1 aromatic rings. The third-order valence-electron chi connectivity index (χ3n) is 2.19. The molecule has 0 amide bonds. The van der Waals surface area contributed by atoms with Crippen molar-refractivity contribution in [2.75, 3.05) is 6.61 Å². The molecule has 0 N–H and O–H groups in total. The average Bonchev–Trinajstić information content (AvgIpc) is 2.44. The lowest BCUT2D eigenvalue weighted by Crippen LogP contribution is -2.05. The summed E-state index contributed by atoms with van der Waals surface area (Å²) in [6, 6.07) is 11.6. The molecule has 0 spiro atoms. The van der Waals surface area contributed by atoms with Gasteiger partial charge in [0.2, 0.25) is 0 Å². The Morgan fingerprint density at radius 2 is 2.00 bits per heavy atom. The van der Waals surface area contributed by atoms with Gasteiger partial charge in [0.05, 0.1) is 6.61 Å². The minimum atomic E-state index is -0.596. The van der Waals surface area contributed by atoms with E-state index in [-0.39, 0.29) is 12.2 Å². The molecule has 0 heterocycles. The van der Waals surface area contributed by atoms with Crippen LogP contribution < -0.4 is 0 Å². The van der Waals surface area contributed by atoms with E-state index in [1.165, 1.54) is 6.08 Å². The third-order valence-corrected chi connectivity index (χ3v) is 2.19. The van der Waals surface area contributed by atoms with Gasteiger partial charge in [-0.2, -0.15) is 5.26 Å². The van der Waals surface area contributed by atoms with E-state index < -0.39 is 5.97 Å². The zero-order valence-corrected chi connectivity index (χ0v) is 10.7. The molecule has 0 aliphatic heterocycles. The highest BCUT2D eigenvalue weighted by molar-refractivity contribution is 5.93. The molecule has 0 fully saturated rings. The Balaban J connectivity index is 2.59. The summed E-state index contributed by atoms with van der Waals surface area (Å²) < 4.78 is 4.74. The van der Waals surface area contributed by atoms with E-state index in [0.717, 1.165) is 5.56 Å². The van der Waals surface area contributed by atoms with Gasteiger partial charge in [-0.3, -0.25) is 0 Å². The van der Waals surface area contributed by atoms with Crippen molar-refractivity contribution >= 4 is 12.0 Å². The normalized spacial score (nSPS) is 11.7. The van der Waals surface area contributed by atoms with Crippen molar-refractivity contribution in [2.45, 2.75) is 6.92 Å². The topological polar surface area (TPSA) is 50.1 Å². The number of benzene rings is 1. The van der Waals surface area contributed by atoms with Crippen molar-refractivity contribution in [1.82, 2.24) is 0 Å². The van der Waals surface area contributed by atoms with Crippen LogP contribution in [0.25, 0.3) is 6.08 Å². The number of esters is 1. The number of hydrogen-bond donors (Lipinski definition) is 0. The summed E-state index contributed by atoms with van der Waals surface area (Å²) in [5, 5.41) is 8.79. The monoisotopic (exact) mass is 253 g/mol. The van der Waals surface area contributed by atoms with Crippen LogP contribution in [0.3, 0.4) is 0 Å². The fourth-order valence-corrected chi connectivity index (χ4v) is 1.31. The van der Waals surface area contributed by atoms with E-state index in [4.69, 9.17) is 10.00 Å². The second-order valence-electron chi connectivity index (χ2n) is 3.57. The average molecular weight is 253 g/mol. The summed E-state index contributed by atoms with van der Waals surface area (Å²) in [5.41, 5.74) is 1.08. The highest BCUT2D eigenvalue weighted by atomic mass is 16.5. The number of rotatable bonds is 5. The fraction of sp³-hybridized carbons (Fsp3) is 0.125. The maximum Gasteiger partial charge on any atom is 0.348 e. The number of nitrogens with zero attached hydrogens (tertiary/aromatic N) is 1. The van der Waals surface area contributed by atoms with Crippen molar-refractivity contribution in [3.05, 3.63) is 65.8 Å². The van der Waals surface area contributed by atoms with Gasteiger partial charge in [-0.1, -0.05) is 54.6 Å². The molecule has 0 aromatic heterocycles. The second kappa shape index (κ2) is 8.48. The van der Waals surface area contributed by atoms with Crippen LogP contribution in [-0.4, -0.2) is 12.6 Å². The molecule has 19 heavy (non-hydrogen) atoms. The van der Waals surface area contributed by atoms with Gasteiger partial charge < -0.3 is 4.74 Å². The maximum absolute atomic E-state index is 11.3. The molecule has 0 radical (unpaired) electrons. The van der Waals surface area contributed by atoms with Gasteiger partial charge in [0.1, 0.15) is 11.6 Å². The molecule has 96 valence electrons. The predicted octanol–water partition coefficient (Wildman–Crippen LogP) is 3.27. The summed E-state index contributed by atoms with van der Waals surface area (Å²) in [7, 11) is 0. The van der Waals surface area contributed by atoms with E-state index in [2.05, 4.69) is 0 Å². The van der Waals surface area contributed by atoms with Gasteiger partial charge >= 0.3 is 5.97 Å². The number of ether oxygens (including phenoxy) is 1. The largest absolute Gasteiger partial charge is 0.462 e. The van der Waals surface area contributed by atoms with Crippen molar-refractivity contribution in [2.24, 2.45) is 0 Å². The predicted molar refractivity (Wildman–Crippen MR) is 74.9 cm³/mol. The van der Waals surface area contributed by atoms with E-state index in [1.54, 1.807) is 25.1 Å². The zero-order chi connectivity index (χ0) is 13.9. The lowest BCUT2D eigenvalue weighted by Gasteiger charge is -1.96. The first-order valence-corrected chi connectivity index (χ1v) is 5.95. The number of carbonyl (C=O) groups excluding carboxylic acids is 1. The quantitative estimate of drug-likeness (QED) is 0.350.